The van der Waals surface area contributed by atoms with Crippen molar-refractivity contribution in [1.82, 2.24) is 29.2 Å². The highest BCUT2D eigenvalue weighted by Crippen LogP contribution is 2.40. The number of nitrogens with two attached hydrogens (primary N) is 1. The number of carboxylic acids is 2. The number of carboxylic acid groups (broad SMARTS) is 2. The van der Waals surface area contributed by atoms with Crippen molar-refractivity contribution < 1.29 is 38.8 Å². The van der Waals surface area contributed by atoms with E-state index in [0.717, 1.165) is 22.1 Å². The summed E-state index contributed by atoms with van der Waals surface area (Å²) in [5.41, 5.74) is 5.99. The lowest BCUT2D eigenvalue weighted by molar-refractivity contribution is -0.662. The number of nitrogen functional groups attached to an aromatic ring is 1. The summed E-state index contributed by atoms with van der Waals surface area (Å²) in [6.45, 7) is -0.653. The van der Waals surface area contributed by atoms with Crippen molar-refractivity contribution in [1.29, 1.82) is 0 Å². The number of aliphatic carboxylic acids is 2. The molecule has 5 rings (SSSR count). The number of rotatable bonds is 9. The highest BCUT2D eigenvalue weighted by Gasteiger charge is 2.53. The van der Waals surface area contributed by atoms with E-state index in [1.54, 1.807) is 33.7 Å². The number of nitrogens with one attached hydrogen (secondary N) is 1. The fourth-order valence-corrected chi connectivity index (χ4v) is 5.72. The molecule has 18 heteroatoms. The lowest BCUT2D eigenvalue weighted by Crippen LogP contribution is -2.71. The maximum atomic E-state index is 13.0. The van der Waals surface area contributed by atoms with Gasteiger partial charge in [-0.25, -0.2) is 9.36 Å². The number of β-lactam (4-membered cyclic amide) rings is 1. The number of hydrogen-bond donors (Lipinski definition) is 3. The number of thioether (sulfide) groups is 1. The summed E-state index contributed by atoms with van der Waals surface area (Å²) in [7, 11) is 0. The second kappa shape index (κ2) is 10.1. The van der Waals surface area contributed by atoms with Crippen molar-refractivity contribution >= 4 is 63.5 Å². The molecule has 3 aromatic rings. The smallest absolute Gasteiger partial charge is 0.344 e. The highest BCUT2D eigenvalue weighted by atomic mass is 32.2. The number of oxime groups is 1. The molecule has 1 fully saturated rings. The first-order chi connectivity index (χ1) is 18.2. The molecular weight excluding hydrogens is 542 g/mol. The number of fused-ring (bicyclic) bond motifs is 2. The number of aromatic nitrogens is 5. The second-order valence-corrected chi connectivity index (χ2v) is 9.80. The van der Waals surface area contributed by atoms with Crippen molar-refractivity contribution in [2.45, 2.75) is 18.0 Å². The molecule has 0 aliphatic carbocycles. The minimum atomic E-state index is -1.52. The predicted octanol–water partition coefficient (Wildman–Crippen LogP) is -3.04. The molecule has 5 heterocycles. The van der Waals surface area contributed by atoms with Crippen LogP contribution < -0.4 is 20.7 Å². The zero-order chi connectivity index (χ0) is 27.0. The van der Waals surface area contributed by atoms with Crippen molar-refractivity contribution in [3.8, 4) is 0 Å². The van der Waals surface area contributed by atoms with E-state index in [1.807, 2.05) is 6.07 Å². The third kappa shape index (κ3) is 4.61. The number of hydrogen-bond acceptors (Lipinski definition) is 13. The van der Waals surface area contributed by atoms with E-state index in [4.69, 9.17) is 10.8 Å². The molecule has 196 valence electrons. The second-order valence-electron chi connectivity index (χ2n) is 7.92. The maximum absolute atomic E-state index is 13.0. The van der Waals surface area contributed by atoms with Crippen LogP contribution in [0.5, 0.6) is 0 Å². The van der Waals surface area contributed by atoms with Gasteiger partial charge in [0.1, 0.15) is 24.2 Å². The fourth-order valence-electron chi connectivity index (χ4n) is 3.95. The molecular formula is C20H17N9O7S2. The van der Waals surface area contributed by atoms with Crippen LogP contribution in [-0.4, -0.2) is 82.2 Å². The van der Waals surface area contributed by atoms with E-state index >= 15 is 0 Å². The Morgan fingerprint density at radius 2 is 2.21 bits per heavy atom. The summed E-state index contributed by atoms with van der Waals surface area (Å²) >= 11 is 2.04. The van der Waals surface area contributed by atoms with E-state index in [-0.39, 0.29) is 29.0 Å². The molecule has 0 aromatic carbocycles. The van der Waals surface area contributed by atoms with Crippen molar-refractivity contribution in [3.63, 3.8) is 0 Å². The summed E-state index contributed by atoms with van der Waals surface area (Å²) in [6.07, 6.45) is 5.08. The third-order valence-electron chi connectivity index (χ3n) is 5.54. The summed E-state index contributed by atoms with van der Waals surface area (Å²) in [5.74, 6) is -4.42. The molecule has 38 heavy (non-hydrogen) atoms. The Morgan fingerprint density at radius 3 is 2.92 bits per heavy atom. The van der Waals surface area contributed by atoms with Gasteiger partial charge in [0.2, 0.25) is 18.1 Å². The number of nitrogens with zero attached hydrogens (tertiary/aromatic N) is 7. The third-order valence-corrected chi connectivity index (χ3v) is 7.42. The molecule has 2 atom stereocenters. The lowest BCUT2D eigenvalue weighted by atomic mass is 10.0. The molecule has 0 unspecified atom stereocenters. The van der Waals surface area contributed by atoms with Crippen LogP contribution in [0.1, 0.15) is 5.82 Å². The van der Waals surface area contributed by atoms with Crippen LogP contribution in [0.25, 0.3) is 5.65 Å². The van der Waals surface area contributed by atoms with Crippen molar-refractivity contribution in [3.05, 3.63) is 47.8 Å². The minimum absolute atomic E-state index is 0.0217. The van der Waals surface area contributed by atoms with Crippen LogP contribution in [-0.2, 0) is 30.6 Å². The molecule has 2 amide bonds. The largest absolute Gasteiger partial charge is 0.543 e. The van der Waals surface area contributed by atoms with Crippen molar-refractivity contribution in [2.24, 2.45) is 5.16 Å². The number of carbonyl (C=O) groups is 4. The van der Waals surface area contributed by atoms with Crippen LogP contribution in [0.4, 0.5) is 5.13 Å². The van der Waals surface area contributed by atoms with Crippen LogP contribution in [0.3, 0.4) is 0 Å². The van der Waals surface area contributed by atoms with Gasteiger partial charge in [0.25, 0.3) is 11.8 Å². The Bertz CT molecular complexity index is 1530. The summed E-state index contributed by atoms with van der Waals surface area (Å²) in [5, 5.41) is 30.3. The van der Waals surface area contributed by atoms with Gasteiger partial charge < -0.3 is 30.9 Å². The normalized spacial score (nSPS) is 19.2. The summed E-state index contributed by atoms with van der Waals surface area (Å²) < 4.78 is 7.29. The molecule has 1 saturated heterocycles. The van der Waals surface area contributed by atoms with Crippen LogP contribution >= 0.6 is 23.3 Å². The van der Waals surface area contributed by atoms with Gasteiger partial charge in [-0.15, -0.1) is 16.3 Å². The number of amides is 2. The topological polar surface area (TPSA) is 221 Å². The Morgan fingerprint density at radius 1 is 1.39 bits per heavy atom. The Hall–Kier alpha value is -4.58. The first-order valence-electron chi connectivity index (χ1n) is 10.8. The zero-order valence-corrected chi connectivity index (χ0v) is 20.7. The van der Waals surface area contributed by atoms with Gasteiger partial charge in [-0.3, -0.25) is 14.5 Å². The van der Waals surface area contributed by atoms with E-state index in [0.29, 0.717) is 5.57 Å². The highest BCUT2D eigenvalue weighted by molar-refractivity contribution is 8.00. The number of carbonyl (C=O) groups excluding carboxylic acids is 3. The average Bonchev–Trinajstić information content (AvgIpc) is 3.50. The van der Waals surface area contributed by atoms with E-state index in [1.165, 1.54) is 11.8 Å². The number of anilines is 1. The van der Waals surface area contributed by atoms with Gasteiger partial charge in [0.15, 0.2) is 11.3 Å². The Labute approximate surface area is 220 Å². The van der Waals surface area contributed by atoms with Crippen LogP contribution in [0, 0.1) is 0 Å². The van der Waals surface area contributed by atoms with E-state index in [9.17, 15) is 24.3 Å². The van der Waals surface area contributed by atoms with Crippen molar-refractivity contribution in [2.75, 3.05) is 18.1 Å². The quantitative estimate of drug-likeness (QED) is 0.103. The molecule has 0 bridgehead atoms. The molecule has 4 N–H and O–H groups in total. The van der Waals surface area contributed by atoms with E-state index in [2.05, 4.69) is 29.8 Å². The predicted molar refractivity (Wildman–Crippen MR) is 127 cm³/mol. The first-order valence-corrected chi connectivity index (χ1v) is 12.6. The van der Waals surface area contributed by atoms with Gasteiger partial charge >= 0.3 is 11.6 Å². The minimum Gasteiger partial charge on any atom is -0.543 e. The van der Waals surface area contributed by atoms with E-state index < -0.39 is 47.5 Å². The van der Waals surface area contributed by atoms with Gasteiger partial charge in [-0.1, -0.05) is 10.3 Å². The maximum Gasteiger partial charge on any atom is 0.344 e. The SMILES string of the molecule is Nc1nc(/C(=N\OCC(=O)O)C(=O)N[C@@H]2C(=O)N3C(C(=O)[O-])=C(C[n+]4ccn5ncccc54)CS[C@H]23)ns1. The summed E-state index contributed by atoms with van der Waals surface area (Å²) in [6, 6.07) is 2.46. The van der Waals surface area contributed by atoms with Gasteiger partial charge in [-0.05, 0) is 6.07 Å². The van der Waals surface area contributed by atoms with Gasteiger partial charge in [-0.2, -0.15) is 9.36 Å². The zero-order valence-electron chi connectivity index (χ0n) is 19.1. The first kappa shape index (κ1) is 25.1. The fraction of sp³-hybridized carbons (Fsp3) is 0.250. The molecule has 0 saturated carbocycles. The van der Waals surface area contributed by atoms with Gasteiger partial charge in [0, 0.05) is 28.9 Å². The molecule has 0 spiro atoms. The molecule has 2 aliphatic rings. The van der Waals surface area contributed by atoms with Crippen LogP contribution in [0.15, 0.2) is 47.1 Å². The summed E-state index contributed by atoms with van der Waals surface area (Å²) in [4.78, 5) is 58.4. The molecule has 0 radical (unpaired) electrons. The standard InChI is InChI=1S/C20H17N9O7S2/c21-20-24-15(26-38-20)12(25-36-7-11(30)31)16(32)23-13-17(33)29-14(19(34)35)9(8-37-18(13)29)6-27-4-5-28-10(27)2-1-3-22-28/h1-5,13,18H,6-8H2,(H4-,21,23,24,26,30,31,32,34,35)/b25-12+/t13-,18-/m1/s1. The Kier molecular flexibility index (Phi) is 6.64. The number of imidazole rings is 1. The molecule has 3 aromatic heterocycles. The van der Waals surface area contributed by atoms with Gasteiger partial charge in [0.05, 0.1) is 17.9 Å². The lowest BCUT2D eigenvalue weighted by Gasteiger charge is -2.50. The van der Waals surface area contributed by atoms with Crippen LogP contribution in [0.2, 0.25) is 0 Å². The molecule has 2 aliphatic heterocycles. The molecule has 16 nitrogen and oxygen atoms in total. The average molecular weight is 560 g/mol. The monoisotopic (exact) mass is 559 g/mol. The Balaban J connectivity index is 1.36.